The van der Waals surface area contributed by atoms with Gasteiger partial charge in [0.2, 0.25) is 0 Å². The van der Waals surface area contributed by atoms with Gasteiger partial charge in [-0.15, -0.1) is 0 Å². The molecule has 0 saturated heterocycles. The summed E-state index contributed by atoms with van der Waals surface area (Å²) in [4.78, 5) is 2.45. The highest BCUT2D eigenvalue weighted by Crippen LogP contribution is 2.48. The lowest BCUT2D eigenvalue weighted by Gasteiger charge is -2.24. The molecule has 0 heterocycles. The van der Waals surface area contributed by atoms with Gasteiger partial charge in [0, 0.05) is 29.5 Å². The van der Waals surface area contributed by atoms with Crippen LogP contribution in [-0.2, 0) is 0 Å². The van der Waals surface area contributed by atoms with Crippen molar-refractivity contribution in [2.24, 2.45) is 11.7 Å². The minimum absolute atomic E-state index is 0.454. The van der Waals surface area contributed by atoms with Gasteiger partial charge >= 0.3 is 0 Å². The van der Waals surface area contributed by atoms with E-state index in [1.165, 1.54) is 22.7 Å². The number of nitrogens with zero attached hydrogens (tertiary/aromatic N) is 1. The summed E-state index contributed by atoms with van der Waals surface area (Å²) < 4.78 is 0. The van der Waals surface area contributed by atoms with Gasteiger partial charge in [0.05, 0.1) is 0 Å². The molecule has 2 aliphatic rings. The van der Waals surface area contributed by atoms with Crippen LogP contribution in [0.5, 0.6) is 0 Å². The van der Waals surface area contributed by atoms with Crippen LogP contribution in [0.25, 0.3) is 0 Å². The Morgan fingerprint density at radius 1 is 1.00 bits per heavy atom. The smallest absolute Gasteiger partial charge is 0.0458 e. The highest BCUT2D eigenvalue weighted by Gasteiger charge is 2.39. The zero-order chi connectivity index (χ0) is 21.0. The number of benzene rings is 1. The van der Waals surface area contributed by atoms with Crippen molar-refractivity contribution in [2.75, 3.05) is 11.4 Å². The number of hydrogen-bond donors (Lipinski definition) is 1. The molecule has 0 radical (unpaired) electrons. The summed E-state index contributed by atoms with van der Waals surface area (Å²) in [6, 6.07) is 10.7. The summed E-state index contributed by atoms with van der Waals surface area (Å²) in [6.07, 6.45) is 29.7. The molecular formula is C28H34N2. The van der Waals surface area contributed by atoms with Crippen LogP contribution in [-0.4, -0.2) is 6.54 Å². The van der Waals surface area contributed by atoms with Crippen LogP contribution in [0.1, 0.15) is 39.0 Å². The fraction of sp³-hybridized carbons (Fsp3) is 0.286. The van der Waals surface area contributed by atoms with Gasteiger partial charge in [-0.25, -0.2) is 0 Å². The van der Waals surface area contributed by atoms with Crippen LogP contribution in [0.4, 0.5) is 5.69 Å². The third kappa shape index (κ3) is 6.08. The molecule has 3 rings (SSSR count). The molecule has 0 amide bonds. The maximum atomic E-state index is 5.47. The summed E-state index contributed by atoms with van der Waals surface area (Å²) >= 11 is 0. The molecule has 1 atom stereocenters. The van der Waals surface area contributed by atoms with Crippen molar-refractivity contribution in [3.05, 3.63) is 114 Å². The van der Waals surface area contributed by atoms with Gasteiger partial charge in [0.1, 0.15) is 0 Å². The van der Waals surface area contributed by atoms with E-state index in [4.69, 9.17) is 5.73 Å². The molecule has 1 aromatic rings. The van der Waals surface area contributed by atoms with Crippen molar-refractivity contribution in [1.29, 1.82) is 0 Å². The second-order valence-electron chi connectivity index (χ2n) is 7.58. The second-order valence-corrected chi connectivity index (χ2v) is 7.58. The summed E-state index contributed by atoms with van der Waals surface area (Å²) in [5.74, 6) is 0.454. The first-order chi connectivity index (χ1) is 14.9. The Kier molecular flexibility index (Phi) is 8.74. The molecule has 1 aromatic carbocycles. The number of unbranched alkanes of at least 4 members (excludes halogenated alkanes) is 3. The van der Waals surface area contributed by atoms with Gasteiger partial charge in [-0.05, 0) is 49.5 Å². The Morgan fingerprint density at radius 3 is 2.57 bits per heavy atom. The molecular weight excluding hydrogens is 364 g/mol. The molecule has 2 aliphatic carbocycles. The lowest BCUT2D eigenvalue weighted by molar-refractivity contribution is 0.859. The van der Waals surface area contributed by atoms with E-state index in [-0.39, 0.29) is 0 Å². The minimum atomic E-state index is 0.454. The molecule has 30 heavy (non-hydrogen) atoms. The summed E-state index contributed by atoms with van der Waals surface area (Å²) in [5, 5.41) is 0. The van der Waals surface area contributed by atoms with Gasteiger partial charge in [0.25, 0.3) is 0 Å². The molecule has 0 aliphatic heterocycles. The van der Waals surface area contributed by atoms with E-state index in [1.807, 2.05) is 12.2 Å². The first-order valence-corrected chi connectivity index (χ1v) is 11.2. The van der Waals surface area contributed by atoms with Crippen molar-refractivity contribution in [2.45, 2.75) is 39.0 Å². The third-order valence-electron chi connectivity index (χ3n) is 5.24. The Balaban J connectivity index is 1.79. The highest BCUT2D eigenvalue weighted by atomic mass is 15.2. The van der Waals surface area contributed by atoms with Crippen LogP contribution in [0.15, 0.2) is 114 Å². The lowest BCUT2D eigenvalue weighted by atomic mass is 10.1. The first-order valence-electron chi connectivity index (χ1n) is 11.2. The largest absolute Gasteiger partial charge is 0.327 e. The molecule has 2 N–H and O–H groups in total. The van der Waals surface area contributed by atoms with Gasteiger partial charge in [-0.3, -0.25) is 0 Å². The molecule has 0 unspecified atom stereocenters. The fourth-order valence-electron chi connectivity index (χ4n) is 3.66. The number of fused-ring (bicyclic) bond motifs is 1. The maximum Gasteiger partial charge on any atom is 0.0458 e. The number of anilines is 1. The number of allylic oxidation sites excluding steroid dienone is 11. The van der Waals surface area contributed by atoms with Crippen LogP contribution < -0.4 is 10.6 Å². The quantitative estimate of drug-likeness (QED) is 0.304. The van der Waals surface area contributed by atoms with E-state index in [9.17, 15) is 0 Å². The van der Waals surface area contributed by atoms with E-state index < -0.39 is 0 Å². The van der Waals surface area contributed by atoms with Crippen molar-refractivity contribution in [3.8, 4) is 0 Å². The summed E-state index contributed by atoms with van der Waals surface area (Å²) in [5.41, 5.74) is 10.8. The first kappa shape index (κ1) is 21.9. The van der Waals surface area contributed by atoms with Crippen LogP contribution in [0.2, 0.25) is 0 Å². The number of para-hydroxylation sites is 1. The van der Waals surface area contributed by atoms with Crippen molar-refractivity contribution in [3.63, 3.8) is 0 Å². The van der Waals surface area contributed by atoms with Crippen molar-refractivity contribution < 1.29 is 0 Å². The summed E-state index contributed by atoms with van der Waals surface area (Å²) in [6.45, 7) is 2.82. The molecule has 0 fully saturated rings. The van der Waals surface area contributed by atoms with Gasteiger partial charge in [-0.1, -0.05) is 92.3 Å². The average Bonchev–Trinajstić information content (AvgIpc) is 3.50. The van der Waals surface area contributed by atoms with Gasteiger partial charge in [-0.2, -0.15) is 0 Å². The van der Waals surface area contributed by atoms with Crippen LogP contribution in [0.3, 0.4) is 0 Å². The van der Waals surface area contributed by atoms with Gasteiger partial charge in [0.15, 0.2) is 0 Å². The molecule has 0 spiro atoms. The van der Waals surface area contributed by atoms with E-state index >= 15 is 0 Å². The van der Waals surface area contributed by atoms with Crippen molar-refractivity contribution >= 4 is 5.69 Å². The number of nitrogens with two attached hydrogens (primary N) is 1. The fourth-order valence-corrected chi connectivity index (χ4v) is 3.66. The predicted molar refractivity (Wildman–Crippen MR) is 131 cm³/mol. The van der Waals surface area contributed by atoms with Crippen LogP contribution in [0, 0.1) is 5.92 Å². The Hall–Kier alpha value is -2.84. The van der Waals surface area contributed by atoms with Gasteiger partial charge < -0.3 is 10.6 Å². The lowest BCUT2D eigenvalue weighted by Crippen LogP contribution is -2.17. The van der Waals surface area contributed by atoms with E-state index in [0.717, 1.165) is 32.1 Å². The zero-order valence-corrected chi connectivity index (χ0v) is 18.1. The minimum Gasteiger partial charge on any atom is -0.327 e. The Morgan fingerprint density at radius 2 is 1.83 bits per heavy atom. The Labute approximate surface area is 182 Å². The molecule has 2 heteroatoms. The number of rotatable bonds is 12. The SMILES string of the molecule is CCC/C=C/C(=C\CCC/C=C\C=C/CN)N(C1=C2C=CC=C[C@@H]21)c1ccccc1. The highest BCUT2D eigenvalue weighted by molar-refractivity contribution is 5.71. The molecule has 2 nitrogen and oxygen atoms in total. The Bertz CT molecular complexity index is 878. The number of hydrogen-bond acceptors (Lipinski definition) is 2. The average molecular weight is 399 g/mol. The third-order valence-corrected chi connectivity index (χ3v) is 5.24. The second kappa shape index (κ2) is 12.0. The summed E-state index contributed by atoms with van der Waals surface area (Å²) in [7, 11) is 0. The standard InChI is InChI=1S/C28H34N2/c1-2-3-10-17-24(18-11-7-5-4-6-8-16-23-29)30(25-19-12-9-13-20-25)28-26-21-14-15-22-27(26)28/h4,6,8-10,12-22,26H,2-3,5,7,11,23,29H2,1H3/b6-4-,16-8-,17-10+,24-18+/t26-/m0/s1. The monoisotopic (exact) mass is 398 g/mol. The van der Waals surface area contributed by atoms with E-state index in [2.05, 4.69) is 96.8 Å². The molecule has 0 aromatic heterocycles. The van der Waals surface area contributed by atoms with Crippen LogP contribution >= 0.6 is 0 Å². The topological polar surface area (TPSA) is 29.3 Å². The maximum absolute atomic E-state index is 5.47. The molecule has 0 saturated carbocycles. The predicted octanol–water partition coefficient (Wildman–Crippen LogP) is 6.98. The van der Waals surface area contributed by atoms with Crippen molar-refractivity contribution in [1.82, 2.24) is 0 Å². The van der Waals surface area contributed by atoms with E-state index in [1.54, 1.807) is 0 Å². The normalized spacial score (nSPS) is 18.2. The molecule has 156 valence electrons. The zero-order valence-electron chi connectivity index (χ0n) is 18.1. The van der Waals surface area contributed by atoms with E-state index in [0.29, 0.717) is 12.5 Å². The molecule has 0 bridgehead atoms.